The third kappa shape index (κ3) is 3.90. The van der Waals surface area contributed by atoms with Gasteiger partial charge < -0.3 is 9.73 Å². The lowest BCUT2D eigenvalue weighted by Crippen LogP contribution is -2.05. The normalized spacial score (nSPS) is 11.4. The standard InChI is InChI=1S/C22H17FN2O3S/c1-15-7-11-18(12-8-15)24-21-22(25-20(28-21)16-5-3-2-4-6-16)29(26,27)19-13-9-17(23)10-14-19/h2-14,24H,1H3. The van der Waals surface area contributed by atoms with Crippen molar-refractivity contribution in [3.8, 4) is 11.5 Å². The molecule has 4 rings (SSSR count). The molecule has 0 aliphatic rings. The zero-order valence-corrected chi connectivity index (χ0v) is 16.3. The van der Waals surface area contributed by atoms with Crippen molar-refractivity contribution < 1.29 is 17.2 Å². The number of aromatic nitrogens is 1. The fourth-order valence-electron chi connectivity index (χ4n) is 2.76. The van der Waals surface area contributed by atoms with E-state index in [-0.39, 0.29) is 21.7 Å². The first-order chi connectivity index (χ1) is 13.9. The van der Waals surface area contributed by atoms with E-state index in [1.807, 2.05) is 37.3 Å². The van der Waals surface area contributed by atoms with Crippen LogP contribution in [0, 0.1) is 12.7 Å². The fraction of sp³-hybridized carbons (Fsp3) is 0.0455. The molecule has 7 heteroatoms. The van der Waals surface area contributed by atoms with Gasteiger partial charge in [0.1, 0.15) is 5.82 Å². The van der Waals surface area contributed by atoms with Crippen molar-refractivity contribution in [1.29, 1.82) is 0 Å². The molecule has 3 aromatic carbocycles. The number of anilines is 2. The third-order valence-electron chi connectivity index (χ3n) is 4.30. The van der Waals surface area contributed by atoms with Gasteiger partial charge in [0.2, 0.25) is 26.6 Å². The Kier molecular flexibility index (Phi) is 4.90. The van der Waals surface area contributed by atoms with E-state index in [2.05, 4.69) is 10.3 Å². The number of benzene rings is 3. The summed E-state index contributed by atoms with van der Waals surface area (Å²) in [4.78, 5) is 4.18. The Hall–Kier alpha value is -3.45. The first-order valence-electron chi connectivity index (χ1n) is 8.84. The first kappa shape index (κ1) is 18.9. The van der Waals surface area contributed by atoms with Crippen molar-refractivity contribution in [1.82, 2.24) is 4.98 Å². The number of aryl methyl sites for hydroxylation is 1. The Morgan fingerprint density at radius 2 is 1.55 bits per heavy atom. The van der Waals surface area contributed by atoms with E-state index in [9.17, 15) is 12.8 Å². The number of hydrogen-bond donors (Lipinski definition) is 1. The minimum Gasteiger partial charge on any atom is -0.419 e. The van der Waals surface area contributed by atoms with Gasteiger partial charge in [-0.3, -0.25) is 0 Å². The maximum absolute atomic E-state index is 13.3. The van der Waals surface area contributed by atoms with Crippen LogP contribution in [0.15, 0.2) is 93.2 Å². The summed E-state index contributed by atoms with van der Waals surface area (Å²) < 4.78 is 45.4. The van der Waals surface area contributed by atoms with Gasteiger partial charge in [-0.05, 0) is 55.5 Å². The number of halogens is 1. The average molecular weight is 408 g/mol. The molecular weight excluding hydrogens is 391 g/mol. The van der Waals surface area contributed by atoms with Crippen LogP contribution in [0.25, 0.3) is 11.5 Å². The molecule has 0 aliphatic heterocycles. The van der Waals surface area contributed by atoms with Crippen molar-refractivity contribution in [2.24, 2.45) is 0 Å². The number of nitrogens with one attached hydrogen (secondary N) is 1. The zero-order chi connectivity index (χ0) is 20.4. The monoisotopic (exact) mass is 408 g/mol. The van der Waals surface area contributed by atoms with Gasteiger partial charge in [0.25, 0.3) is 0 Å². The lowest BCUT2D eigenvalue weighted by atomic mass is 10.2. The maximum atomic E-state index is 13.3. The molecule has 5 nitrogen and oxygen atoms in total. The molecule has 29 heavy (non-hydrogen) atoms. The molecule has 0 saturated carbocycles. The van der Waals surface area contributed by atoms with Gasteiger partial charge in [-0.25, -0.2) is 12.8 Å². The van der Waals surface area contributed by atoms with Gasteiger partial charge in [0, 0.05) is 11.3 Å². The van der Waals surface area contributed by atoms with Crippen LogP contribution in [0.2, 0.25) is 0 Å². The van der Waals surface area contributed by atoms with Crippen LogP contribution in [0.1, 0.15) is 5.56 Å². The molecule has 1 aromatic heterocycles. The van der Waals surface area contributed by atoms with E-state index >= 15 is 0 Å². The predicted octanol–water partition coefficient (Wildman–Crippen LogP) is 5.37. The molecule has 0 saturated heterocycles. The lowest BCUT2D eigenvalue weighted by molar-refractivity contribution is 0.581. The van der Waals surface area contributed by atoms with E-state index in [0.29, 0.717) is 11.3 Å². The summed E-state index contributed by atoms with van der Waals surface area (Å²) in [5.74, 6) is -0.356. The topological polar surface area (TPSA) is 72.2 Å². The van der Waals surface area contributed by atoms with Crippen LogP contribution >= 0.6 is 0 Å². The Balaban J connectivity index is 1.83. The van der Waals surface area contributed by atoms with E-state index in [1.54, 1.807) is 24.3 Å². The Morgan fingerprint density at radius 1 is 0.897 bits per heavy atom. The van der Waals surface area contributed by atoms with Gasteiger partial charge in [0.15, 0.2) is 0 Å². The fourth-order valence-corrected chi connectivity index (χ4v) is 4.02. The van der Waals surface area contributed by atoms with Crippen LogP contribution < -0.4 is 5.32 Å². The van der Waals surface area contributed by atoms with E-state index in [0.717, 1.165) is 17.7 Å². The van der Waals surface area contributed by atoms with Gasteiger partial charge >= 0.3 is 0 Å². The second-order valence-corrected chi connectivity index (χ2v) is 8.33. The second-order valence-electron chi connectivity index (χ2n) is 6.47. The molecule has 4 aromatic rings. The SMILES string of the molecule is Cc1ccc(Nc2oc(-c3ccccc3)nc2S(=O)(=O)c2ccc(F)cc2)cc1. The van der Waals surface area contributed by atoms with E-state index in [1.165, 1.54) is 12.1 Å². The maximum Gasteiger partial charge on any atom is 0.238 e. The molecular formula is C22H17FN2O3S. The molecule has 0 aliphatic carbocycles. The van der Waals surface area contributed by atoms with Crippen LogP contribution in [-0.4, -0.2) is 13.4 Å². The summed E-state index contributed by atoms with van der Waals surface area (Å²) >= 11 is 0. The average Bonchev–Trinajstić information content (AvgIpc) is 3.15. The Labute approximate surface area is 167 Å². The summed E-state index contributed by atoms with van der Waals surface area (Å²) in [6.07, 6.45) is 0. The lowest BCUT2D eigenvalue weighted by Gasteiger charge is -2.06. The highest BCUT2D eigenvalue weighted by Crippen LogP contribution is 2.34. The smallest absolute Gasteiger partial charge is 0.238 e. The number of rotatable bonds is 5. The summed E-state index contributed by atoms with van der Waals surface area (Å²) in [5, 5.41) is 2.73. The van der Waals surface area contributed by atoms with Crippen LogP contribution in [0.5, 0.6) is 0 Å². The summed E-state index contributed by atoms with van der Waals surface area (Å²) in [6.45, 7) is 1.95. The van der Waals surface area contributed by atoms with Crippen LogP contribution in [-0.2, 0) is 9.84 Å². The van der Waals surface area contributed by atoms with Crippen molar-refractivity contribution in [2.75, 3.05) is 5.32 Å². The quantitative estimate of drug-likeness (QED) is 0.450. The third-order valence-corrected chi connectivity index (χ3v) is 5.98. The number of sulfone groups is 1. The second kappa shape index (κ2) is 7.52. The summed E-state index contributed by atoms with van der Waals surface area (Å²) in [7, 11) is -4.04. The Morgan fingerprint density at radius 3 is 2.21 bits per heavy atom. The molecule has 0 fully saturated rings. The van der Waals surface area contributed by atoms with Gasteiger partial charge in [0.05, 0.1) is 4.90 Å². The first-order valence-corrected chi connectivity index (χ1v) is 10.3. The highest BCUT2D eigenvalue weighted by molar-refractivity contribution is 7.91. The molecule has 146 valence electrons. The van der Waals surface area contributed by atoms with Crippen molar-refractivity contribution in [2.45, 2.75) is 16.8 Å². The zero-order valence-electron chi connectivity index (χ0n) is 15.5. The van der Waals surface area contributed by atoms with Crippen LogP contribution in [0.3, 0.4) is 0 Å². The van der Waals surface area contributed by atoms with Crippen LogP contribution in [0.4, 0.5) is 16.0 Å². The molecule has 0 radical (unpaired) electrons. The molecule has 0 amide bonds. The largest absolute Gasteiger partial charge is 0.419 e. The molecule has 0 bridgehead atoms. The highest BCUT2D eigenvalue weighted by Gasteiger charge is 2.28. The van der Waals surface area contributed by atoms with E-state index < -0.39 is 15.7 Å². The minimum absolute atomic E-state index is 0.00275. The number of oxazole rings is 1. The molecule has 0 unspecified atom stereocenters. The molecule has 1 heterocycles. The number of hydrogen-bond acceptors (Lipinski definition) is 5. The molecule has 0 atom stereocenters. The minimum atomic E-state index is -4.04. The summed E-state index contributed by atoms with van der Waals surface area (Å²) in [5.41, 5.74) is 2.36. The van der Waals surface area contributed by atoms with Crippen molar-refractivity contribution in [3.63, 3.8) is 0 Å². The van der Waals surface area contributed by atoms with E-state index in [4.69, 9.17) is 4.42 Å². The van der Waals surface area contributed by atoms with Crippen molar-refractivity contribution >= 4 is 21.4 Å². The van der Waals surface area contributed by atoms with Gasteiger partial charge in [-0.1, -0.05) is 35.9 Å². The molecule has 1 N–H and O–H groups in total. The van der Waals surface area contributed by atoms with Gasteiger partial charge in [-0.15, -0.1) is 0 Å². The van der Waals surface area contributed by atoms with Gasteiger partial charge in [-0.2, -0.15) is 4.98 Å². The predicted molar refractivity (Wildman–Crippen MR) is 108 cm³/mol. The summed E-state index contributed by atoms with van der Waals surface area (Å²) in [6, 6.07) is 21.0. The van der Waals surface area contributed by atoms with Crippen molar-refractivity contribution in [3.05, 3.63) is 90.2 Å². The number of nitrogens with zero attached hydrogens (tertiary/aromatic N) is 1. The highest BCUT2D eigenvalue weighted by atomic mass is 32.2. The molecule has 0 spiro atoms. The Bertz CT molecular complexity index is 1230.